The molecule has 116 valence electrons. The van der Waals surface area contributed by atoms with E-state index in [1.807, 2.05) is 33.0 Å². The molecule has 0 spiro atoms. The summed E-state index contributed by atoms with van der Waals surface area (Å²) in [5.41, 5.74) is 1.52. The third kappa shape index (κ3) is 4.43. The van der Waals surface area contributed by atoms with Crippen LogP contribution in [0.3, 0.4) is 0 Å². The number of likely N-dealkylation sites (N-methyl/N-ethyl adjacent to an activating group) is 1. The van der Waals surface area contributed by atoms with Gasteiger partial charge in [0.25, 0.3) is 5.91 Å². The van der Waals surface area contributed by atoms with Crippen LogP contribution in [0.5, 0.6) is 0 Å². The van der Waals surface area contributed by atoms with Crippen LogP contribution in [0.2, 0.25) is 0 Å². The summed E-state index contributed by atoms with van der Waals surface area (Å²) in [4.78, 5) is 18.7. The standard InChI is InChI=1S/C16H25N3O2/c1-4-17-15-10-13(9-12(2)18-15)16(20)19(3)11-14-7-5-6-8-21-14/h9-10,14H,4-8,11H2,1-3H3,(H,17,18). The van der Waals surface area contributed by atoms with E-state index >= 15 is 0 Å². The largest absolute Gasteiger partial charge is 0.376 e. The van der Waals surface area contributed by atoms with Crippen LogP contribution in [0.25, 0.3) is 0 Å². The van der Waals surface area contributed by atoms with Gasteiger partial charge in [-0.1, -0.05) is 0 Å². The molecule has 21 heavy (non-hydrogen) atoms. The number of pyridine rings is 1. The number of rotatable bonds is 5. The summed E-state index contributed by atoms with van der Waals surface area (Å²) in [7, 11) is 1.84. The summed E-state index contributed by atoms with van der Waals surface area (Å²) in [5, 5.41) is 3.16. The molecule has 0 saturated carbocycles. The van der Waals surface area contributed by atoms with Crippen LogP contribution in [0, 0.1) is 6.92 Å². The van der Waals surface area contributed by atoms with Gasteiger partial charge >= 0.3 is 0 Å². The van der Waals surface area contributed by atoms with Gasteiger partial charge < -0.3 is 15.0 Å². The molecule has 2 rings (SSSR count). The summed E-state index contributed by atoms with van der Waals surface area (Å²) >= 11 is 0. The second-order valence-corrected chi connectivity index (χ2v) is 5.59. The fourth-order valence-electron chi connectivity index (χ4n) is 2.62. The fraction of sp³-hybridized carbons (Fsp3) is 0.625. The molecule has 5 nitrogen and oxygen atoms in total. The molecular formula is C16H25N3O2. The first-order chi connectivity index (χ1) is 10.1. The number of carbonyl (C=O) groups excluding carboxylic acids is 1. The Balaban J connectivity index is 2.03. The Hall–Kier alpha value is -1.62. The number of aromatic nitrogens is 1. The zero-order chi connectivity index (χ0) is 15.2. The molecule has 1 fully saturated rings. The van der Waals surface area contributed by atoms with Crippen LogP contribution < -0.4 is 5.32 Å². The van der Waals surface area contributed by atoms with Crippen LogP contribution in [-0.4, -0.2) is 48.6 Å². The number of aryl methyl sites for hydroxylation is 1. The number of nitrogens with zero attached hydrogens (tertiary/aromatic N) is 2. The number of hydrogen-bond donors (Lipinski definition) is 1. The van der Waals surface area contributed by atoms with Crippen molar-refractivity contribution in [1.82, 2.24) is 9.88 Å². The molecule has 1 aromatic heterocycles. The van der Waals surface area contributed by atoms with Crippen molar-refractivity contribution in [3.63, 3.8) is 0 Å². The number of anilines is 1. The molecule has 1 saturated heterocycles. The molecule has 1 amide bonds. The van der Waals surface area contributed by atoms with E-state index in [1.165, 1.54) is 6.42 Å². The van der Waals surface area contributed by atoms with Crippen LogP contribution in [0.1, 0.15) is 42.2 Å². The average molecular weight is 291 g/mol. The lowest BCUT2D eigenvalue weighted by Gasteiger charge is -2.27. The molecule has 0 aliphatic carbocycles. The van der Waals surface area contributed by atoms with Crippen molar-refractivity contribution in [3.05, 3.63) is 23.4 Å². The topological polar surface area (TPSA) is 54.5 Å². The third-order valence-corrected chi connectivity index (χ3v) is 3.66. The number of nitrogens with one attached hydrogen (secondary N) is 1. The van der Waals surface area contributed by atoms with Crippen LogP contribution >= 0.6 is 0 Å². The van der Waals surface area contributed by atoms with Crippen molar-refractivity contribution in [1.29, 1.82) is 0 Å². The van der Waals surface area contributed by atoms with E-state index in [9.17, 15) is 4.79 Å². The highest BCUT2D eigenvalue weighted by Gasteiger charge is 2.20. The van der Waals surface area contributed by atoms with Gasteiger partial charge in [-0.15, -0.1) is 0 Å². The first-order valence-electron chi connectivity index (χ1n) is 7.69. The lowest BCUT2D eigenvalue weighted by atomic mass is 10.1. The van der Waals surface area contributed by atoms with Crippen molar-refractivity contribution in [3.8, 4) is 0 Å². The monoisotopic (exact) mass is 291 g/mol. The lowest BCUT2D eigenvalue weighted by Crippen LogP contribution is -2.37. The van der Waals surface area contributed by atoms with Gasteiger partial charge in [-0.05, 0) is 45.2 Å². The first kappa shape index (κ1) is 15.8. The van der Waals surface area contributed by atoms with Gasteiger partial charge in [0.15, 0.2) is 0 Å². The highest BCUT2D eigenvalue weighted by Crippen LogP contribution is 2.16. The van der Waals surface area contributed by atoms with Gasteiger partial charge in [-0.2, -0.15) is 0 Å². The summed E-state index contributed by atoms with van der Waals surface area (Å²) in [6, 6.07) is 3.65. The Morgan fingerprint density at radius 3 is 2.95 bits per heavy atom. The minimum atomic E-state index is 0.0221. The molecular weight excluding hydrogens is 266 g/mol. The summed E-state index contributed by atoms with van der Waals surface area (Å²) in [6.07, 6.45) is 3.52. The maximum Gasteiger partial charge on any atom is 0.253 e. The highest BCUT2D eigenvalue weighted by atomic mass is 16.5. The van der Waals surface area contributed by atoms with Crippen molar-refractivity contribution in [2.24, 2.45) is 0 Å². The summed E-state index contributed by atoms with van der Waals surface area (Å²) < 4.78 is 5.70. The van der Waals surface area contributed by atoms with Gasteiger partial charge in [0, 0.05) is 38.0 Å². The molecule has 1 aromatic rings. The van der Waals surface area contributed by atoms with Crippen molar-refractivity contribution in [2.75, 3.05) is 32.1 Å². The maximum absolute atomic E-state index is 12.5. The number of carbonyl (C=O) groups is 1. The van der Waals surface area contributed by atoms with E-state index in [0.29, 0.717) is 12.1 Å². The van der Waals surface area contributed by atoms with E-state index in [0.717, 1.165) is 37.5 Å². The molecule has 1 aliphatic rings. The smallest absolute Gasteiger partial charge is 0.253 e. The van der Waals surface area contributed by atoms with Crippen LogP contribution in [0.15, 0.2) is 12.1 Å². The Kier molecular flexibility index (Phi) is 5.56. The van der Waals surface area contributed by atoms with Crippen molar-refractivity contribution >= 4 is 11.7 Å². The van der Waals surface area contributed by atoms with E-state index in [2.05, 4.69) is 10.3 Å². The molecule has 2 heterocycles. The van der Waals surface area contributed by atoms with Crippen molar-refractivity contribution in [2.45, 2.75) is 39.2 Å². The van der Waals surface area contributed by atoms with Crippen LogP contribution in [0.4, 0.5) is 5.82 Å². The van der Waals surface area contributed by atoms with Gasteiger partial charge in [-0.25, -0.2) is 4.98 Å². The average Bonchev–Trinajstić information content (AvgIpc) is 2.47. The van der Waals surface area contributed by atoms with Gasteiger partial charge in [0.05, 0.1) is 6.10 Å². The number of ether oxygens (including phenoxy) is 1. The number of hydrogen-bond acceptors (Lipinski definition) is 4. The summed E-state index contributed by atoms with van der Waals surface area (Å²) in [5.74, 6) is 0.775. The van der Waals surface area contributed by atoms with Gasteiger partial charge in [0.1, 0.15) is 5.82 Å². The zero-order valence-electron chi connectivity index (χ0n) is 13.2. The Bertz CT molecular complexity index is 484. The molecule has 0 bridgehead atoms. The van der Waals surface area contributed by atoms with Gasteiger partial charge in [-0.3, -0.25) is 4.79 Å². The highest BCUT2D eigenvalue weighted by molar-refractivity contribution is 5.94. The van der Waals surface area contributed by atoms with E-state index < -0.39 is 0 Å². The summed E-state index contributed by atoms with van der Waals surface area (Å²) in [6.45, 7) is 6.16. The molecule has 1 unspecified atom stereocenters. The predicted octanol–water partition coefficient (Wildman–Crippen LogP) is 2.46. The molecule has 5 heteroatoms. The zero-order valence-corrected chi connectivity index (χ0v) is 13.2. The number of amides is 1. The van der Waals surface area contributed by atoms with Crippen molar-refractivity contribution < 1.29 is 9.53 Å². The SMILES string of the molecule is CCNc1cc(C(=O)N(C)CC2CCCCO2)cc(C)n1. The second kappa shape index (κ2) is 7.41. The first-order valence-corrected chi connectivity index (χ1v) is 7.69. The lowest BCUT2D eigenvalue weighted by molar-refractivity contribution is -0.000188. The molecule has 0 radical (unpaired) electrons. The third-order valence-electron chi connectivity index (χ3n) is 3.66. The predicted molar refractivity (Wildman–Crippen MR) is 83.7 cm³/mol. The Labute approximate surface area is 126 Å². The minimum Gasteiger partial charge on any atom is -0.376 e. The molecule has 1 atom stereocenters. The molecule has 0 aromatic carbocycles. The normalized spacial score (nSPS) is 18.3. The molecule has 1 aliphatic heterocycles. The maximum atomic E-state index is 12.5. The van der Waals surface area contributed by atoms with Gasteiger partial charge in [0.2, 0.25) is 0 Å². The quantitative estimate of drug-likeness (QED) is 0.905. The Morgan fingerprint density at radius 1 is 1.48 bits per heavy atom. The van der Waals surface area contributed by atoms with E-state index in [-0.39, 0.29) is 12.0 Å². The Morgan fingerprint density at radius 2 is 2.29 bits per heavy atom. The molecule has 1 N–H and O–H groups in total. The fourth-order valence-corrected chi connectivity index (χ4v) is 2.62. The van der Waals surface area contributed by atoms with Crippen LogP contribution in [-0.2, 0) is 4.74 Å². The van der Waals surface area contributed by atoms with E-state index in [4.69, 9.17) is 4.74 Å². The second-order valence-electron chi connectivity index (χ2n) is 5.59. The van der Waals surface area contributed by atoms with E-state index in [1.54, 1.807) is 4.90 Å². The minimum absolute atomic E-state index is 0.0221.